The van der Waals surface area contributed by atoms with Crippen LogP contribution in [0.25, 0.3) is 6.08 Å². The van der Waals surface area contributed by atoms with Gasteiger partial charge in [0.2, 0.25) is 5.91 Å². The lowest BCUT2D eigenvalue weighted by Crippen LogP contribution is -2.09. The van der Waals surface area contributed by atoms with Crippen molar-refractivity contribution in [1.29, 1.82) is 0 Å². The highest BCUT2D eigenvalue weighted by atomic mass is 79.9. The van der Waals surface area contributed by atoms with Crippen molar-refractivity contribution in [1.82, 2.24) is 10.2 Å². The Kier molecular flexibility index (Phi) is 4.34. The van der Waals surface area contributed by atoms with Gasteiger partial charge in [-0.25, -0.2) is 4.39 Å². The van der Waals surface area contributed by atoms with Gasteiger partial charge in [-0.1, -0.05) is 15.9 Å². The van der Waals surface area contributed by atoms with Crippen LogP contribution in [0.2, 0.25) is 0 Å². The predicted octanol–water partition coefficient (Wildman–Crippen LogP) is 3.58. The first-order valence-electron chi connectivity index (χ1n) is 5.93. The average Bonchev–Trinajstić information content (AvgIpc) is 2.72. The number of aryl methyl sites for hydroxylation is 1. The van der Waals surface area contributed by atoms with E-state index in [1.165, 1.54) is 18.2 Å². The zero-order chi connectivity index (χ0) is 14.7. The summed E-state index contributed by atoms with van der Waals surface area (Å²) in [6, 6.07) is 4.54. The lowest BCUT2D eigenvalue weighted by molar-refractivity contribution is -0.111. The summed E-state index contributed by atoms with van der Waals surface area (Å²) in [6.07, 6.45) is 2.69. The molecule has 0 saturated heterocycles. The molecule has 1 aromatic carbocycles. The Morgan fingerprint density at radius 2 is 2.20 bits per heavy atom. The highest BCUT2D eigenvalue weighted by Gasteiger charge is 2.07. The number of carbonyl (C=O) groups excluding carboxylic acids is 1. The van der Waals surface area contributed by atoms with Gasteiger partial charge in [-0.05, 0) is 38.1 Å². The molecule has 0 aliphatic heterocycles. The number of aromatic amines is 1. The summed E-state index contributed by atoms with van der Waals surface area (Å²) in [6.45, 7) is 3.72. The number of hydrogen-bond acceptors (Lipinski definition) is 2. The summed E-state index contributed by atoms with van der Waals surface area (Å²) in [7, 11) is 0. The van der Waals surface area contributed by atoms with E-state index >= 15 is 0 Å². The Labute approximate surface area is 124 Å². The van der Waals surface area contributed by atoms with E-state index < -0.39 is 0 Å². The Balaban J connectivity index is 2.09. The first kappa shape index (κ1) is 14.5. The third-order valence-electron chi connectivity index (χ3n) is 2.87. The lowest BCUT2D eigenvalue weighted by Gasteiger charge is -2.00. The van der Waals surface area contributed by atoms with Gasteiger partial charge in [0, 0.05) is 27.4 Å². The van der Waals surface area contributed by atoms with Crippen LogP contribution in [-0.2, 0) is 4.79 Å². The third-order valence-corrected chi connectivity index (χ3v) is 3.36. The number of carbonyl (C=O) groups is 1. The van der Waals surface area contributed by atoms with Crippen molar-refractivity contribution in [2.24, 2.45) is 0 Å². The normalized spacial score (nSPS) is 11.0. The van der Waals surface area contributed by atoms with Crippen LogP contribution in [0, 0.1) is 19.7 Å². The van der Waals surface area contributed by atoms with Crippen molar-refractivity contribution in [2.45, 2.75) is 13.8 Å². The maximum atomic E-state index is 13.5. The van der Waals surface area contributed by atoms with Gasteiger partial charge in [-0.2, -0.15) is 5.10 Å². The van der Waals surface area contributed by atoms with Gasteiger partial charge < -0.3 is 5.32 Å². The van der Waals surface area contributed by atoms with E-state index in [2.05, 4.69) is 31.4 Å². The molecule has 1 aromatic heterocycles. The lowest BCUT2D eigenvalue weighted by atomic mass is 10.2. The number of nitrogens with one attached hydrogen (secondary N) is 2. The molecule has 0 fully saturated rings. The minimum absolute atomic E-state index is 0.337. The maximum Gasteiger partial charge on any atom is 0.249 e. The molecule has 104 valence electrons. The van der Waals surface area contributed by atoms with E-state index in [0.29, 0.717) is 11.4 Å². The fraction of sp³-hybridized carbons (Fsp3) is 0.143. The molecule has 0 radical (unpaired) electrons. The van der Waals surface area contributed by atoms with Gasteiger partial charge >= 0.3 is 0 Å². The number of rotatable bonds is 3. The number of nitrogens with zero attached hydrogens (tertiary/aromatic N) is 1. The second kappa shape index (κ2) is 6.00. The van der Waals surface area contributed by atoms with E-state index in [0.717, 1.165) is 15.7 Å². The topological polar surface area (TPSA) is 57.8 Å². The van der Waals surface area contributed by atoms with Crippen molar-refractivity contribution in [2.75, 3.05) is 5.32 Å². The van der Waals surface area contributed by atoms with Gasteiger partial charge in [-0.15, -0.1) is 0 Å². The number of H-pyrrole nitrogens is 1. The van der Waals surface area contributed by atoms with Crippen molar-refractivity contribution in [3.05, 3.63) is 51.4 Å². The van der Waals surface area contributed by atoms with E-state index in [4.69, 9.17) is 0 Å². The number of aromatic nitrogens is 2. The molecular weight excluding hydrogens is 325 g/mol. The minimum Gasteiger partial charge on any atom is -0.305 e. The van der Waals surface area contributed by atoms with Crippen LogP contribution in [0.15, 0.2) is 28.7 Å². The summed E-state index contributed by atoms with van der Waals surface area (Å²) in [5.74, 6) is -0.269. The quantitative estimate of drug-likeness (QED) is 0.841. The van der Waals surface area contributed by atoms with Crippen LogP contribution in [0.3, 0.4) is 0 Å². The molecule has 1 amide bonds. The van der Waals surface area contributed by atoms with E-state index in [1.54, 1.807) is 12.1 Å². The SMILES string of the molecule is Cc1[nH]nc(NC(=O)/C=C/c2cc(Br)ccc2F)c1C. The van der Waals surface area contributed by atoms with Crippen LogP contribution in [-0.4, -0.2) is 16.1 Å². The zero-order valence-corrected chi connectivity index (χ0v) is 12.6. The third kappa shape index (κ3) is 3.33. The number of amides is 1. The highest BCUT2D eigenvalue weighted by Crippen LogP contribution is 2.17. The number of anilines is 1. The molecule has 0 aliphatic carbocycles. The standard InChI is InChI=1S/C14H13BrFN3O/c1-8-9(2)18-19-14(8)17-13(20)6-3-10-7-11(15)4-5-12(10)16/h3-7H,1-2H3,(H2,17,18,19,20)/b6-3+. The van der Waals surface area contributed by atoms with Crippen molar-refractivity contribution in [3.8, 4) is 0 Å². The molecule has 0 bridgehead atoms. The Morgan fingerprint density at radius 3 is 2.85 bits per heavy atom. The first-order chi connectivity index (χ1) is 9.47. The molecule has 0 atom stereocenters. The summed E-state index contributed by atoms with van der Waals surface area (Å²) >= 11 is 3.25. The molecular formula is C14H13BrFN3O. The molecule has 0 unspecified atom stereocenters. The van der Waals surface area contributed by atoms with Crippen LogP contribution >= 0.6 is 15.9 Å². The summed E-state index contributed by atoms with van der Waals surface area (Å²) in [4.78, 5) is 11.8. The molecule has 0 spiro atoms. The van der Waals surface area contributed by atoms with Gasteiger partial charge in [0.05, 0.1) is 0 Å². The number of halogens is 2. The molecule has 2 aromatic rings. The fourth-order valence-electron chi connectivity index (χ4n) is 1.57. The maximum absolute atomic E-state index is 13.5. The number of benzene rings is 1. The highest BCUT2D eigenvalue weighted by molar-refractivity contribution is 9.10. The Morgan fingerprint density at radius 1 is 1.45 bits per heavy atom. The van der Waals surface area contributed by atoms with Crippen molar-refractivity contribution in [3.63, 3.8) is 0 Å². The van der Waals surface area contributed by atoms with E-state index in [-0.39, 0.29) is 11.7 Å². The Bertz CT molecular complexity index is 679. The largest absolute Gasteiger partial charge is 0.305 e. The molecule has 2 N–H and O–H groups in total. The van der Waals surface area contributed by atoms with Gasteiger partial charge in [-0.3, -0.25) is 9.89 Å². The molecule has 6 heteroatoms. The molecule has 20 heavy (non-hydrogen) atoms. The summed E-state index contributed by atoms with van der Waals surface area (Å²) in [5, 5.41) is 9.38. The monoisotopic (exact) mass is 337 g/mol. The van der Waals surface area contributed by atoms with Gasteiger partial charge in [0.1, 0.15) is 5.82 Å². The minimum atomic E-state index is -0.385. The van der Waals surface area contributed by atoms with Crippen LogP contribution in [0.4, 0.5) is 10.2 Å². The van der Waals surface area contributed by atoms with Gasteiger partial charge in [0.15, 0.2) is 5.82 Å². The molecule has 2 rings (SSSR count). The number of hydrogen-bond donors (Lipinski definition) is 2. The van der Waals surface area contributed by atoms with Crippen LogP contribution < -0.4 is 5.32 Å². The van der Waals surface area contributed by atoms with Crippen molar-refractivity contribution < 1.29 is 9.18 Å². The van der Waals surface area contributed by atoms with Crippen LogP contribution in [0.5, 0.6) is 0 Å². The second-order valence-corrected chi connectivity index (χ2v) is 5.23. The van der Waals surface area contributed by atoms with Gasteiger partial charge in [0.25, 0.3) is 0 Å². The molecule has 4 nitrogen and oxygen atoms in total. The second-order valence-electron chi connectivity index (χ2n) is 4.31. The fourth-order valence-corrected chi connectivity index (χ4v) is 1.95. The molecule has 0 saturated carbocycles. The van der Waals surface area contributed by atoms with E-state index in [9.17, 15) is 9.18 Å². The first-order valence-corrected chi connectivity index (χ1v) is 6.72. The smallest absolute Gasteiger partial charge is 0.249 e. The predicted molar refractivity (Wildman–Crippen MR) is 79.8 cm³/mol. The van der Waals surface area contributed by atoms with E-state index in [1.807, 2.05) is 13.8 Å². The Hall–Kier alpha value is -1.95. The summed E-state index contributed by atoms with van der Waals surface area (Å²) < 4.78 is 14.2. The summed E-state index contributed by atoms with van der Waals surface area (Å²) in [5.41, 5.74) is 2.10. The van der Waals surface area contributed by atoms with Crippen LogP contribution in [0.1, 0.15) is 16.8 Å². The molecule has 1 heterocycles. The average molecular weight is 338 g/mol. The van der Waals surface area contributed by atoms with Crippen molar-refractivity contribution >= 4 is 33.7 Å². The molecule has 0 aliphatic rings. The zero-order valence-electron chi connectivity index (χ0n) is 11.0.